The molecule has 1 aliphatic carbocycles. The summed E-state index contributed by atoms with van der Waals surface area (Å²) in [5, 5.41) is 11.2. The van der Waals surface area contributed by atoms with E-state index in [1.165, 1.54) is 0 Å². The maximum atomic E-state index is 13.1. The van der Waals surface area contributed by atoms with Crippen molar-refractivity contribution in [3.05, 3.63) is 65.5 Å². The summed E-state index contributed by atoms with van der Waals surface area (Å²) in [6.45, 7) is 2.37. The van der Waals surface area contributed by atoms with Gasteiger partial charge in [0.2, 0.25) is 0 Å². The Morgan fingerprint density at radius 2 is 1.87 bits per heavy atom. The summed E-state index contributed by atoms with van der Waals surface area (Å²) in [6, 6.07) is 9.94. The molecule has 6 heteroatoms. The fraction of sp³-hybridized carbons (Fsp3) is 0.375. The number of carbonyl (C=O) groups excluding carboxylic acids is 2. The molecule has 1 aliphatic heterocycles. The first kappa shape index (κ1) is 20.1. The summed E-state index contributed by atoms with van der Waals surface area (Å²) in [6.07, 6.45) is 8.24. The van der Waals surface area contributed by atoms with Gasteiger partial charge in [-0.2, -0.15) is 0 Å². The zero-order chi connectivity index (χ0) is 21.1. The number of hydrogen-bond donors (Lipinski definition) is 1. The van der Waals surface area contributed by atoms with E-state index in [-0.39, 0.29) is 17.4 Å². The van der Waals surface area contributed by atoms with Crippen LogP contribution in [0.5, 0.6) is 5.75 Å². The van der Waals surface area contributed by atoms with Crippen molar-refractivity contribution in [2.45, 2.75) is 51.1 Å². The first-order valence-electron chi connectivity index (χ1n) is 10.5. The molecule has 2 aromatic rings. The van der Waals surface area contributed by atoms with Crippen LogP contribution in [0.2, 0.25) is 0 Å². The Balaban J connectivity index is 1.84. The van der Waals surface area contributed by atoms with E-state index >= 15 is 0 Å². The maximum Gasteiger partial charge on any atom is 0.295 e. The number of hydrogen-bond acceptors (Lipinski definition) is 5. The van der Waals surface area contributed by atoms with Gasteiger partial charge in [-0.15, -0.1) is 0 Å². The Morgan fingerprint density at radius 3 is 2.57 bits per heavy atom. The minimum atomic E-state index is -0.637. The number of aliphatic hydroxyl groups excluding tert-OH is 1. The lowest BCUT2D eigenvalue weighted by atomic mass is 9.91. The minimum Gasteiger partial charge on any atom is -0.507 e. The van der Waals surface area contributed by atoms with Gasteiger partial charge >= 0.3 is 0 Å². The normalized spacial score (nSPS) is 21.8. The summed E-state index contributed by atoms with van der Waals surface area (Å²) >= 11 is 0. The Labute approximate surface area is 176 Å². The summed E-state index contributed by atoms with van der Waals surface area (Å²) < 4.78 is 5.53. The number of pyridine rings is 1. The van der Waals surface area contributed by atoms with Gasteiger partial charge in [0.05, 0.1) is 18.2 Å². The summed E-state index contributed by atoms with van der Waals surface area (Å²) in [5.74, 6) is -0.744. The van der Waals surface area contributed by atoms with Crippen molar-refractivity contribution in [1.82, 2.24) is 9.88 Å². The third kappa shape index (κ3) is 3.70. The molecule has 2 aliphatic rings. The van der Waals surface area contributed by atoms with Crippen LogP contribution in [0.3, 0.4) is 0 Å². The number of carbonyl (C=O) groups is 2. The number of nitrogens with zero attached hydrogens (tertiary/aromatic N) is 2. The van der Waals surface area contributed by atoms with Gasteiger partial charge < -0.3 is 14.7 Å². The van der Waals surface area contributed by atoms with E-state index in [0.29, 0.717) is 17.9 Å². The zero-order valence-electron chi connectivity index (χ0n) is 17.1. The molecular formula is C24H26N2O4. The maximum absolute atomic E-state index is 13.1. The largest absolute Gasteiger partial charge is 0.507 e. The fourth-order valence-corrected chi connectivity index (χ4v) is 4.51. The predicted octanol–water partition coefficient (Wildman–Crippen LogP) is 4.23. The molecule has 2 fully saturated rings. The van der Waals surface area contributed by atoms with E-state index in [4.69, 9.17) is 4.74 Å². The predicted molar refractivity (Wildman–Crippen MR) is 113 cm³/mol. The van der Waals surface area contributed by atoms with E-state index in [9.17, 15) is 14.7 Å². The van der Waals surface area contributed by atoms with Gasteiger partial charge in [-0.3, -0.25) is 14.6 Å². The number of amides is 1. The number of ether oxygens (including phenoxy) is 1. The second kappa shape index (κ2) is 8.69. The SMILES string of the molecule is CCOc1cccc(/C(O)=C2/C(=O)C(=O)N(C3CCCCC3)C2c2ccncc2)c1. The Hall–Kier alpha value is -3.15. The monoisotopic (exact) mass is 406 g/mol. The second-order valence-electron chi connectivity index (χ2n) is 7.74. The molecule has 2 heterocycles. The molecule has 1 N–H and O–H groups in total. The molecule has 1 amide bonds. The van der Waals surface area contributed by atoms with Crippen LogP contribution in [0.1, 0.15) is 56.2 Å². The average molecular weight is 406 g/mol. The van der Waals surface area contributed by atoms with Crippen LogP contribution in [0, 0.1) is 0 Å². The van der Waals surface area contributed by atoms with Gasteiger partial charge in [0.25, 0.3) is 11.7 Å². The number of ketones is 1. The smallest absolute Gasteiger partial charge is 0.295 e. The zero-order valence-corrected chi connectivity index (χ0v) is 17.1. The number of benzene rings is 1. The first-order valence-corrected chi connectivity index (χ1v) is 10.5. The van der Waals surface area contributed by atoms with Crippen LogP contribution in [-0.2, 0) is 9.59 Å². The van der Waals surface area contributed by atoms with E-state index in [2.05, 4.69) is 4.98 Å². The molecule has 1 aromatic heterocycles. The van der Waals surface area contributed by atoms with Gasteiger partial charge in [0.1, 0.15) is 11.5 Å². The molecule has 1 saturated carbocycles. The first-order chi connectivity index (χ1) is 14.6. The van der Waals surface area contributed by atoms with Crippen LogP contribution >= 0.6 is 0 Å². The third-order valence-corrected chi connectivity index (χ3v) is 5.89. The molecular weight excluding hydrogens is 380 g/mol. The highest BCUT2D eigenvalue weighted by Gasteiger charge is 2.48. The van der Waals surface area contributed by atoms with Crippen molar-refractivity contribution in [2.75, 3.05) is 6.61 Å². The lowest BCUT2D eigenvalue weighted by Gasteiger charge is -2.35. The van der Waals surface area contributed by atoms with Gasteiger partial charge in [-0.25, -0.2) is 0 Å². The van der Waals surface area contributed by atoms with Crippen LogP contribution < -0.4 is 4.74 Å². The summed E-state index contributed by atoms with van der Waals surface area (Å²) in [4.78, 5) is 32.0. The van der Waals surface area contributed by atoms with E-state index < -0.39 is 17.7 Å². The molecule has 1 unspecified atom stereocenters. The Bertz CT molecular complexity index is 964. The van der Waals surface area contributed by atoms with Crippen molar-refractivity contribution in [3.8, 4) is 5.75 Å². The van der Waals surface area contributed by atoms with Crippen molar-refractivity contribution >= 4 is 17.4 Å². The van der Waals surface area contributed by atoms with E-state index in [1.54, 1.807) is 53.7 Å². The van der Waals surface area contributed by atoms with Gasteiger partial charge in [-0.1, -0.05) is 31.4 Å². The molecule has 4 rings (SSSR count). The Morgan fingerprint density at radius 1 is 1.13 bits per heavy atom. The molecule has 0 radical (unpaired) electrons. The summed E-state index contributed by atoms with van der Waals surface area (Å²) in [7, 11) is 0. The topological polar surface area (TPSA) is 79.7 Å². The van der Waals surface area contributed by atoms with Crippen molar-refractivity contribution < 1.29 is 19.4 Å². The van der Waals surface area contributed by atoms with Crippen LogP contribution in [-0.4, -0.2) is 39.3 Å². The van der Waals surface area contributed by atoms with E-state index in [0.717, 1.165) is 37.7 Å². The van der Waals surface area contributed by atoms with Crippen molar-refractivity contribution in [3.63, 3.8) is 0 Å². The van der Waals surface area contributed by atoms with Crippen LogP contribution in [0.15, 0.2) is 54.4 Å². The van der Waals surface area contributed by atoms with Gasteiger partial charge in [-0.05, 0) is 49.6 Å². The highest BCUT2D eigenvalue weighted by atomic mass is 16.5. The number of likely N-dealkylation sites (tertiary alicyclic amines) is 1. The summed E-state index contributed by atoms with van der Waals surface area (Å²) in [5.41, 5.74) is 1.37. The van der Waals surface area contributed by atoms with Crippen molar-refractivity contribution in [1.29, 1.82) is 0 Å². The van der Waals surface area contributed by atoms with Crippen LogP contribution in [0.25, 0.3) is 5.76 Å². The number of aliphatic hydroxyl groups is 1. The molecule has 1 aromatic carbocycles. The second-order valence-corrected chi connectivity index (χ2v) is 7.74. The van der Waals surface area contributed by atoms with Crippen molar-refractivity contribution in [2.24, 2.45) is 0 Å². The van der Waals surface area contributed by atoms with Gasteiger partial charge in [0, 0.05) is 24.0 Å². The van der Waals surface area contributed by atoms with Crippen LogP contribution in [0.4, 0.5) is 0 Å². The van der Waals surface area contributed by atoms with Gasteiger partial charge in [0.15, 0.2) is 0 Å². The third-order valence-electron chi connectivity index (χ3n) is 5.89. The molecule has 1 saturated heterocycles. The highest BCUT2D eigenvalue weighted by molar-refractivity contribution is 6.46. The Kier molecular flexibility index (Phi) is 5.84. The number of Topliss-reactive ketones (excluding diaryl/α,β-unsaturated/α-hetero) is 1. The standard InChI is InChI=1S/C24H26N2O4/c1-2-30-19-10-6-7-17(15-19)22(27)20-21(16-11-13-25-14-12-16)26(24(29)23(20)28)18-8-4-3-5-9-18/h6-7,10-15,18,21,27H,2-5,8-9H2,1H3/b22-20-. The number of aromatic nitrogens is 1. The molecule has 6 nitrogen and oxygen atoms in total. The number of rotatable bonds is 5. The lowest BCUT2D eigenvalue weighted by molar-refractivity contribution is -0.141. The molecule has 1 atom stereocenters. The molecule has 0 bridgehead atoms. The van der Waals surface area contributed by atoms with E-state index in [1.807, 2.05) is 6.92 Å². The fourth-order valence-electron chi connectivity index (χ4n) is 4.51. The minimum absolute atomic E-state index is 0.00609. The lowest BCUT2D eigenvalue weighted by Crippen LogP contribution is -2.40. The molecule has 156 valence electrons. The average Bonchev–Trinajstić information content (AvgIpc) is 3.05. The highest BCUT2D eigenvalue weighted by Crippen LogP contribution is 2.43. The molecule has 0 spiro atoms. The molecule has 30 heavy (non-hydrogen) atoms. The quantitative estimate of drug-likeness (QED) is 0.457.